The van der Waals surface area contributed by atoms with E-state index >= 15 is 0 Å². The van der Waals surface area contributed by atoms with E-state index in [9.17, 15) is 23.9 Å². The number of ketones is 1. The van der Waals surface area contributed by atoms with Crippen molar-refractivity contribution in [3.63, 3.8) is 0 Å². The summed E-state index contributed by atoms with van der Waals surface area (Å²) in [6.07, 6.45) is 1.40. The smallest absolute Gasteiger partial charge is 0.335 e. The van der Waals surface area contributed by atoms with Gasteiger partial charge in [0.2, 0.25) is 5.96 Å². The number of oxazole rings is 1. The monoisotopic (exact) mass is 562 g/mol. The molecule has 40 heavy (non-hydrogen) atoms. The lowest BCUT2D eigenvalue weighted by Gasteiger charge is -2.27. The zero-order valence-corrected chi connectivity index (χ0v) is 21.7. The molecule has 0 spiro atoms. The number of carboxylic acid groups (broad SMARTS) is 1. The van der Waals surface area contributed by atoms with Gasteiger partial charge in [-0.25, -0.2) is 19.2 Å². The molecule has 2 aromatic heterocycles. The summed E-state index contributed by atoms with van der Waals surface area (Å²) in [5.74, 6) is -2.14. The lowest BCUT2D eigenvalue weighted by atomic mass is 9.94. The number of amides is 1. The van der Waals surface area contributed by atoms with Crippen LogP contribution in [-0.2, 0) is 4.79 Å². The number of nitrogens with one attached hydrogen (secondary N) is 3. The van der Waals surface area contributed by atoms with E-state index in [1.165, 1.54) is 61.7 Å². The number of hydrogen-bond donors (Lipinski definition) is 4. The van der Waals surface area contributed by atoms with Crippen LogP contribution in [0.2, 0.25) is 5.02 Å². The summed E-state index contributed by atoms with van der Waals surface area (Å²) in [4.78, 5) is 49.7. The molecule has 1 amide bonds. The summed E-state index contributed by atoms with van der Waals surface area (Å²) in [5.41, 5.74) is 1.84. The van der Waals surface area contributed by atoms with Gasteiger partial charge >= 0.3 is 12.0 Å². The van der Waals surface area contributed by atoms with Crippen molar-refractivity contribution in [1.29, 1.82) is 0 Å². The van der Waals surface area contributed by atoms with E-state index in [1.807, 2.05) is 0 Å². The zero-order valence-electron chi connectivity index (χ0n) is 21.0. The molecule has 1 aliphatic heterocycles. The van der Waals surface area contributed by atoms with E-state index in [2.05, 4.69) is 30.9 Å². The number of nitrogens with zero attached hydrogens (tertiary/aromatic N) is 3. The van der Waals surface area contributed by atoms with Crippen LogP contribution in [0.3, 0.4) is 0 Å². The molecule has 1 unspecified atom stereocenters. The average molecular weight is 563 g/mol. The van der Waals surface area contributed by atoms with Crippen molar-refractivity contribution in [3.05, 3.63) is 93.5 Å². The van der Waals surface area contributed by atoms with Gasteiger partial charge in [0.15, 0.2) is 11.4 Å². The number of guanidine groups is 1. The maximum atomic E-state index is 13.6. The molecule has 0 fully saturated rings. The number of hydrogen-bond acceptors (Lipinski definition) is 9. The van der Waals surface area contributed by atoms with Crippen molar-refractivity contribution < 1.29 is 28.3 Å². The Morgan fingerprint density at radius 1 is 1.10 bits per heavy atom. The molecule has 0 saturated carbocycles. The van der Waals surface area contributed by atoms with Crippen molar-refractivity contribution >= 4 is 58.2 Å². The fourth-order valence-corrected chi connectivity index (χ4v) is 4.38. The number of Topliss-reactive ketones (excluding diaryl/α,β-unsaturated/α-hetero) is 1. The minimum atomic E-state index is -1.17. The summed E-state index contributed by atoms with van der Waals surface area (Å²) < 4.78 is 19.2. The van der Waals surface area contributed by atoms with E-state index < -0.39 is 23.7 Å². The van der Waals surface area contributed by atoms with E-state index in [0.717, 1.165) is 0 Å². The first-order chi connectivity index (χ1) is 19.1. The van der Waals surface area contributed by atoms with Gasteiger partial charge < -0.3 is 20.2 Å². The maximum Gasteiger partial charge on any atom is 0.335 e. The number of carboxylic acids is 1. The number of benzene rings is 2. The van der Waals surface area contributed by atoms with Crippen LogP contribution >= 0.6 is 11.6 Å². The number of rotatable bonds is 6. The van der Waals surface area contributed by atoms with Gasteiger partial charge in [-0.15, -0.1) is 0 Å². The number of allylic oxidation sites excluding steroid dienone is 1. The second kappa shape index (κ2) is 10.6. The number of carbonyl (C=O) groups is 3. The number of fused-ring (bicyclic) bond motifs is 1. The first-order valence-electron chi connectivity index (χ1n) is 11.8. The molecule has 202 valence electrons. The number of aromatic nitrogens is 2. The molecule has 0 bridgehead atoms. The molecular weight excluding hydrogens is 543 g/mol. The van der Waals surface area contributed by atoms with Gasteiger partial charge in [-0.3, -0.25) is 14.9 Å². The van der Waals surface area contributed by atoms with Crippen LogP contribution in [0.5, 0.6) is 0 Å². The third-order valence-electron chi connectivity index (χ3n) is 6.01. The second-order valence-corrected chi connectivity index (χ2v) is 9.19. The fraction of sp³-hybridized carbons (Fsp3) is 0.111. The Labute approximate surface area is 230 Å². The quantitative estimate of drug-likeness (QED) is 0.239. The Morgan fingerprint density at radius 3 is 2.62 bits per heavy atom. The molecule has 13 heteroatoms. The number of anilines is 2. The van der Waals surface area contributed by atoms with Crippen LogP contribution in [0.1, 0.15) is 46.2 Å². The van der Waals surface area contributed by atoms with E-state index in [0.29, 0.717) is 22.3 Å². The Hall–Kier alpha value is -5.10. The van der Waals surface area contributed by atoms with E-state index in [-0.39, 0.29) is 45.3 Å². The lowest BCUT2D eigenvalue weighted by Crippen LogP contribution is -2.37. The Morgan fingerprint density at radius 2 is 1.90 bits per heavy atom. The van der Waals surface area contributed by atoms with Crippen molar-refractivity contribution in [1.82, 2.24) is 15.3 Å². The molecule has 0 radical (unpaired) electrons. The highest BCUT2D eigenvalue weighted by molar-refractivity contribution is 6.32. The summed E-state index contributed by atoms with van der Waals surface area (Å²) in [5, 5.41) is 18.0. The number of aliphatic imine (C=N–C) groups is 1. The van der Waals surface area contributed by atoms with Crippen LogP contribution < -0.4 is 16.0 Å². The van der Waals surface area contributed by atoms with Gasteiger partial charge in [0.1, 0.15) is 23.2 Å². The minimum Gasteiger partial charge on any atom is -0.478 e. The van der Waals surface area contributed by atoms with Crippen LogP contribution in [0.25, 0.3) is 11.1 Å². The Balaban J connectivity index is 1.52. The standard InChI is InChI=1S/C27H20ClFN6O5/c1-12-22(24(37)33-21-10-14(13(2)36)7-8-30-21)23(17-5-3-15(25(38)39)9-18(17)28)34-26(31-12)35-27-32-19-6-4-16(29)11-20(19)40-27/h3-11,23H,1-2H3,(H,38,39)(H,30,33,37)(H2,31,32,34,35). The van der Waals surface area contributed by atoms with Crippen LogP contribution in [0.4, 0.5) is 16.2 Å². The van der Waals surface area contributed by atoms with Gasteiger partial charge in [0.05, 0.1) is 11.1 Å². The third kappa shape index (κ3) is 5.38. The molecule has 2 aromatic carbocycles. The summed E-state index contributed by atoms with van der Waals surface area (Å²) in [6.45, 7) is 3.03. The zero-order chi connectivity index (χ0) is 28.6. The van der Waals surface area contributed by atoms with Crippen molar-refractivity contribution in [2.24, 2.45) is 4.99 Å². The molecule has 0 aliphatic carbocycles. The molecule has 3 heterocycles. The van der Waals surface area contributed by atoms with Gasteiger partial charge in [-0.1, -0.05) is 17.7 Å². The molecule has 4 N–H and O–H groups in total. The molecule has 1 aliphatic rings. The SMILES string of the molecule is CC(=O)c1ccnc(NC(=O)C2=C(C)NC(Nc3nc4ccc(F)cc4o3)=NC2c2ccc(C(=O)O)cc2Cl)c1. The molecule has 1 atom stereocenters. The third-order valence-corrected chi connectivity index (χ3v) is 6.34. The highest BCUT2D eigenvalue weighted by Gasteiger charge is 2.32. The number of pyridine rings is 1. The fourth-order valence-electron chi connectivity index (χ4n) is 4.10. The van der Waals surface area contributed by atoms with Crippen molar-refractivity contribution in [2.75, 3.05) is 10.6 Å². The molecule has 0 saturated heterocycles. The minimum absolute atomic E-state index is 0.0175. The molecule has 11 nitrogen and oxygen atoms in total. The van der Waals surface area contributed by atoms with Crippen molar-refractivity contribution in [3.8, 4) is 0 Å². The van der Waals surface area contributed by atoms with Crippen LogP contribution in [0.15, 0.2) is 75.4 Å². The Bertz CT molecular complexity index is 1770. The predicted octanol–water partition coefficient (Wildman–Crippen LogP) is 4.94. The topological polar surface area (TPSA) is 159 Å². The Kier molecular flexibility index (Phi) is 7.01. The summed E-state index contributed by atoms with van der Waals surface area (Å²) in [7, 11) is 0. The molecular formula is C27H20ClFN6O5. The first-order valence-corrected chi connectivity index (χ1v) is 12.2. The highest BCUT2D eigenvalue weighted by Crippen LogP contribution is 2.36. The summed E-state index contributed by atoms with van der Waals surface area (Å²) >= 11 is 6.47. The van der Waals surface area contributed by atoms with E-state index in [1.54, 1.807) is 6.92 Å². The maximum absolute atomic E-state index is 13.6. The number of aromatic carboxylic acids is 1. The van der Waals surface area contributed by atoms with Gasteiger partial charge in [0, 0.05) is 34.1 Å². The first kappa shape index (κ1) is 26.5. The average Bonchev–Trinajstić information content (AvgIpc) is 3.29. The van der Waals surface area contributed by atoms with Crippen molar-refractivity contribution in [2.45, 2.75) is 19.9 Å². The largest absolute Gasteiger partial charge is 0.478 e. The molecule has 5 rings (SSSR count). The predicted molar refractivity (Wildman–Crippen MR) is 145 cm³/mol. The van der Waals surface area contributed by atoms with Gasteiger partial charge in [-0.05, 0) is 50.2 Å². The van der Waals surface area contributed by atoms with E-state index in [4.69, 9.17) is 16.0 Å². The van der Waals surface area contributed by atoms with Crippen LogP contribution in [-0.4, -0.2) is 38.7 Å². The van der Waals surface area contributed by atoms with Crippen LogP contribution in [0, 0.1) is 5.82 Å². The summed E-state index contributed by atoms with van der Waals surface area (Å²) in [6, 6.07) is 9.99. The highest BCUT2D eigenvalue weighted by atomic mass is 35.5. The number of halogens is 2. The normalized spacial score (nSPS) is 14.9. The van der Waals surface area contributed by atoms with Gasteiger partial charge in [-0.2, -0.15) is 4.98 Å². The molecule has 4 aromatic rings. The lowest BCUT2D eigenvalue weighted by molar-refractivity contribution is -0.113. The second-order valence-electron chi connectivity index (χ2n) is 8.78. The van der Waals surface area contributed by atoms with Gasteiger partial charge in [0.25, 0.3) is 5.91 Å². The number of carbonyl (C=O) groups excluding carboxylic acids is 2.